The van der Waals surface area contributed by atoms with Crippen LogP contribution in [0.4, 0.5) is 23.1 Å². The monoisotopic (exact) mass is 239 g/mol. The summed E-state index contributed by atoms with van der Waals surface area (Å²) in [5.41, 5.74) is 0. The molecule has 3 nitrogen and oxygen atoms in total. The molecule has 0 aliphatic heterocycles. The van der Waals surface area contributed by atoms with Crippen molar-refractivity contribution in [3.63, 3.8) is 0 Å². The molecule has 1 N–H and O–H groups in total. The molecule has 16 heavy (non-hydrogen) atoms. The molecule has 1 rings (SSSR count). The van der Waals surface area contributed by atoms with Gasteiger partial charge in [0, 0.05) is 6.07 Å². The van der Waals surface area contributed by atoms with Crippen molar-refractivity contribution >= 4 is 13.1 Å². The van der Waals surface area contributed by atoms with Gasteiger partial charge in [0.15, 0.2) is 0 Å². The number of nitrogens with zero attached hydrogens (tertiary/aromatic N) is 2. The van der Waals surface area contributed by atoms with Gasteiger partial charge in [-0.2, -0.15) is 0 Å². The Morgan fingerprint density at radius 1 is 1.31 bits per heavy atom. The smallest absolute Gasteiger partial charge is 0.418 e. The highest BCUT2D eigenvalue weighted by Gasteiger charge is 2.20. The molecule has 1 aromatic rings. The highest BCUT2D eigenvalue weighted by Crippen LogP contribution is 2.06. The number of nitrogens with one attached hydrogen (secondary N) is 1. The molecule has 8 heteroatoms. The molecule has 0 aliphatic rings. The van der Waals surface area contributed by atoms with E-state index < -0.39 is 7.25 Å². The van der Waals surface area contributed by atoms with Crippen molar-refractivity contribution in [1.82, 2.24) is 5.10 Å². The molecule has 0 unspecified atom stereocenters. The van der Waals surface area contributed by atoms with Crippen LogP contribution in [0.3, 0.4) is 0 Å². The molecule has 0 saturated carbocycles. The van der Waals surface area contributed by atoms with Gasteiger partial charge >= 0.3 is 7.25 Å². The zero-order chi connectivity index (χ0) is 12.8. The minimum absolute atomic E-state index is 0.449. The summed E-state index contributed by atoms with van der Waals surface area (Å²) in [7, 11) is -4.08. The number of aryl methyl sites for hydroxylation is 1. The van der Waals surface area contributed by atoms with Gasteiger partial charge in [0.2, 0.25) is 0 Å². The van der Waals surface area contributed by atoms with Crippen LogP contribution in [0.1, 0.15) is 13.8 Å². The summed E-state index contributed by atoms with van der Waals surface area (Å²) < 4.78 is 40.8. The van der Waals surface area contributed by atoms with Gasteiger partial charge in [-0.3, -0.25) is 5.32 Å². The van der Waals surface area contributed by atoms with Gasteiger partial charge in [-0.05, 0) is 19.9 Å². The van der Waals surface area contributed by atoms with E-state index in [2.05, 4.69) is 24.3 Å². The Hall–Kier alpha value is -1.34. The predicted octanol–water partition coefficient (Wildman–Crippen LogP) is 2.03. The number of rotatable bonds is 2. The van der Waals surface area contributed by atoms with E-state index in [9.17, 15) is 17.3 Å². The van der Waals surface area contributed by atoms with E-state index >= 15 is 0 Å². The minimum Gasteiger partial charge on any atom is -0.418 e. The van der Waals surface area contributed by atoms with Crippen LogP contribution in [0, 0.1) is 0 Å². The molecule has 0 fully saturated rings. The summed E-state index contributed by atoms with van der Waals surface area (Å²) in [5.74, 6) is 1.04. The Morgan fingerprint density at radius 3 is 2.19 bits per heavy atom. The van der Waals surface area contributed by atoms with Crippen LogP contribution in [-0.4, -0.2) is 18.4 Å². The van der Waals surface area contributed by atoms with Gasteiger partial charge in [-0.15, -0.1) is 4.68 Å². The fraction of sp³-hybridized carbons (Fsp3) is 0.500. The number of anilines is 1. The Labute approximate surface area is 91.6 Å². The van der Waals surface area contributed by atoms with E-state index in [-0.39, 0.29) is 0 Å². The zero-order valence-electron chi connectivity index (χ0n) is 9.29. The highest BCUT2D eigenvalue weighted by molar-refractivity contribution is 6.50. The lowest BCUT2D eigenvalue weighted by molar-refractivity contribution is -0.717. The van der Waals surface area contributed by atoms with Crippen LogP contribution < -0.4 is 10.00 Å². The summed E-state index contributed by atoms with van der Waals surface area (Å²) >= 11 is 0. The summed E-state index contributed by atoms with van der Waals surface area (Å²) in [6, 6.07) is 4.38. The van der Waals surface area contributed by atoms with Crippen LogP contribution in [0.5, 0.6) is 0 Å². The molecule has 0 amide bonds. The molecular weight excluding hydrogens is 225 g/mol. The molecule has 0 bridgehead atoms. The van der Waals surface area contributed by atoms with Crippen LogP contribution in [0.2, 0.25) is 0 Å². The van der Waals surface area contributed by atoms with E-state index in [1.165, 1.54) is 0 Å². The molecule has 0 aromatic carbocycles. The van der Waals surface area contributed by atoms with Crippen molar-refractivity contribution in [3.8, 4) is 0 Å². The van der Waals surface area contributed by atoms with Crippen molar-refractivity contribution in [3.05, 3.63) is 18.3 Å². The van der Waals surface area contributed by atoms with Crippen LogP contribution >= 0.6 is 0 Å². The van der Waals surface area contributed by atoms with Gasteiger partial charge in [0.1, 0.15) is 7.05 Å². The second kappa shape index (κ2) is 6.29. The lowest BCUT2D eigenvalue weighted by Crippen LogP contribution is -2.37. The van der Waals surface area contributed by atoms with E-state index in [0.717, 1.165) is 5.82 Å². The third-order valence-electron chi connectivity index (χ3n) is 1.37. The molecule has 0 atom stereocenters. The SMILES string of the molecule is CC(C)Nc1cccn[n+]1C.F[B-](F)(F)F. The first kappa shape index (κ1) is 14.7. The van der Waals surface area contributed by atoms with Crippen LogP contribution in [0.15, 0.2) is 18.3 Å². The van der Waals surface area contributed by atoms with Gasteiger partial charge in [-0.1, -0.05) is 5.10 Å². The van der Waals surface area contributed by atoms with E-state index in [0.29, 0.717) is 6.04 Å². The van der Waals surface area contributed by atoms with Crippen molar-refractivity contribution in [1.29, 1.82) is 0 Å². The Bertz CT molecular complexity index is 310. The molecular formula is C8H14BF4N3. The number of hydrogen-bond donors (Lipinski definition) is 1. The largest absolute Gasteiger partial charge is 0.673 e. The third kappa shape index (κ3) is 9.23. The average Bonchev–Trinajstić information content (AvgIpc) is 2.05. The summed E-state index contributed by atoms with van der Waals surface area (Å²) in [5, 5.41) is 7.36. The maximum Gasteiger partial charge on any atom is 0.673 e. The standard InChI is InChI=1S/C8H13N3.BF4/c1-7(2)10-8-5-4-6-9-11(8)3;2-1(3,4)5/h4-7H,1-3H3;/q;-1/p+1. The Balaban J connectivity index is 0.000000385. The van der Waals surface area contributed by atoms with E-state index in [1.54, 1.807) is 6.20 Å². The highest BCUT2D eigenvalue weighted by atomic mass is 19.5. The lowest BCUT2D eigenvalue weighted by Gasteiger charge is -2.02. The quantitative estimate of drug-likeness (QED) is 0.486. The van der Waals surface area contributed by atoms with Crippen molar-refractivity contribution in [2.24, 2.45) is 7.05 Å². The van der Waals surface area contributed by atoms with Crippen molar-refractivity contribution in [2.45, 2.75) is 19.9 Å². The summed E-state index contributed by atoms with van der Waals surface area (Å²) in [6.45, 7) is 4.21. The topological polar surface area (TPSA) is 28.8 Å². The molecule has 0 radical (unpaired) electrons. The maximum absolute atomic E-state index is 9.75. The molecule has 0 spiro atoms. The molecule has 1 aromatic heterocycles. The maximum atomic E-state index is 9.75. The van der Waals surface area contributed by atoms with Gasteiger partial charge in [-0.25, -0.2) is 0 Å². The van der Waals surface area contributed by atoms with Gasteiger partial charge < -0.3 is 17.3 Å². The minimum atomic E-state index is -6.00. The van der Waals surface area contributed by atoms with E-state index in [4.69, 9.17) is 0 Å². The lowest BCUT2D eigenvalue weighted by atomic mass is 10.3. The van der Waals surface area contributed by atoms with Gasteiger partial charge in [0.25, 0.3) is 5.82 Å². The second-order valence-electron chi connectivity index (χ2n) is 3.33. The van der Waals surface area contributed by atoms with Crippen molar-refractivity contribution in [2.75, 3.05) is 5.32 Å². The summed E-state index contributed by atoms with van der Waals surface area (Å²) in [6.07, 6.45) is 1.77. The molecule has 92 valence electrons. The summed E-state index contributed by atoms with van der Waals surface area (Å²) in [4.78, 5) is 0. The van der Waals surface area contributed by atoms with Crippen LogP contribution in [-0.2, 0) is 7.05 Å². The average molecular weight is 239 g/mol. The number of hydrogen-bond acceptors (Lipinski definition) is 2. The predicted molar refractivity (Wildman–Crippen MR) is 54.4 cm³/mol. The fourth-order valence-corrected chi connectivity index (χ4v) is 0.880. The first-order valence-electron chi connectivity index (χ1n) is 4.65. The van der Waals surface area contributed by atoms with E-state index in [1.807, 2.05) is 23.9 Å². The normalized spacial score (nSPS) is 10.8. The second-order valence-corrected chi connectivity index (χ2v) is 3.33. The van der Waals surface area contributed by atoms with Crippen molar-refractivity contribution < 1.29 is 21.9 Å². The molecule has 1 heterocycles. The first-order chi connectivity index (χ1) is 7.20. The van der Waals surface area contributed by atoms with Crippen LogP contribution in [0.25, 0.3) is 0 Å². The Kier molecular flexibility index (Phi) is 5.77. The van der Waals surface area contributed by atoms with Gasteiger partial charge in [0.05, 0.1) is 12.2 Å². The number of aromatic nitrogens is 2. The third-order valence-corrected chi connectivity index (χ3v) is 1.37. The molecule has 0 saturated heterocycles. The zero-order valence-corrected chi connectivity index (χ0v) is 9.29. The first-order valence-corrected chi connectivity index (χ1v) is 4.65. The molecule has 0 aliphatic carbocycles. The Morgan fingerprint density at radius 2 is 1.81 bits per heavy atom. The fourth-order valence-electron chi connectivity index (χ4n) is 0.880. The number of halogens is 4.